The van der Waals surface area contributed by atoms with Gasteiger partial charge in [0.05, 0.1) is 11.5 Å². The lowest BCUT2D eigenvalue weighted by Crippen LogP contribution is -2.23. The molecule has 1 saturated carbocycles. The lowest BCUT2D eigenvalue weighted by atomic mass is 9.86. The Morgan fingerprint density at radius 2 is 1.86 bits per heavy atom. The average molecular weight is 287 g/mol. The van der Waals surface area contributed by atoms with Gasteiger partial charge in [-0.2, -0.15) is 0 Å². The summed E-state index contributed by atoms with van der Waals surface area (Å²) in [6, 6.07) is 0.274. The molecule has 2 aromatic heterocycles. The van der Waals surface area contributed by atoms with Crippen LogP contribution < -0.4 is 5.73 Å². The van der Waals surface area contributed by atoms with E-state index in [9.17, 15) is 4.79 Å². The van der Waals surface area contributed by atoms with E-state index in [0.29, 0.717) is 12.8 Å². The van der Waals surface area contributed by atoms with E-state index in [4.69, 9.17) is 10.8 Å². The quantitative estimate of drug-likeness (QED) is 0.890. The summed E-state index contributed by atoms with van der Waals surface area (Å²) in [5, 5.41) is 9.07. The Hall–Kier alpha value is -2.44. The Morgan fingerprint density at radius 3 is 2.48 bits per heavy atom. The maximum Gasteiger partial charge on any atom is 0.306 e. The molecule has 0 saturated heterocycles. The lowest BCUT2D eigenvalue weighted by Gasteiger charge is -2.28. The van der Waals surface area contributed by atoms with E-state index >= 15 is 0 Å². The first kappa shape index (κ1) is 13.5. The van der Waals surface area contributed by atoms with Gasteiger partial charge in [0.2, 0.25) is 5.95 Å². The second-order valence-corrected chi connectivity index (χ2v) is 5.33. The Labute approximate surface area is 121 Å². The number of hydrogen-bond acceptors (Lipinski definition) is 5. The van der Waals surface area contributed by atoms with Gasteiger partial charge in [0, 0.05) is 30.8 Å². The van der Waals surface area contributed by atoms with Crippen molar-refractivity contribution >= 4 is 11.9 Å². The number of nitrogens with zero attached hydrogens (tertiary/aromatic N) is 4. The predicted octanol–water partition coefficient (Wildman–Crippen LogP) is 1.74. The van der Waals surface area contributed by atoms with Crippen LogP contribution in [-0.4, -0.2) is 30.6 Å². The molecule has 1 aliphatic carbocycles. The molecule has 1 fully saturated rings. The van der Waals surface area contributed by atoms with Crippen LogP contribution in [0.15, 0.2) is 24.8 Å². The van der Waals surface area contributed by atoms with Gasteiger partial charge in [-0.3, -0.25) is 4.79 Å². The minimum atomic E-state index is -0.689. The Bertz CT molecular complexity index is 629. The fraction of sp³-hybridized carbons (Fsp3) is 0.429. The summed E-state index contributed by atoms with van der Waals surface area (Å²) < 4.78 is 2.09. The van der Waals surface area contributed by atoms with Crippen molar-refractivity contribution in [3.05, 3.63) is 24.8 Å². The van der Waals surface area contributed by atoms with Crippen molar-refractivity contribution < 1.29 is 9.90 Å². The highest BCUT2D eigenvalue weighted by Crippen LogP contribution is 2.34. The van der Waals surface area contributed by atoms with Crippen LogP contribution in [0.1, 0.15) is 31.7 Å². The van der Waals surface area contributed by atoms with E-state index in [1.54, 1.807) is 18.6 Å². The van der Waals surface area contributed by atoms with Crippen LogP contribution in [0, 0.1) is 5.92 Å². The molecule has 0 radical (unpaired) electrons. The van der Waals surface area contributed by atoms with Crippen LogP contribution in [0.4, 0.5) is 5.95 Å². The Kier molecular flexibility index (Phi) is 3.55. The van der Waals surface area contributed by atoms with Gasteiger partial charge in [-0.25, -0.2) is 15.0 Å². The molecular weight excluding hydrogens is 270 g/mol. The molecule has 0 amide bonds. The van der Waals surface area contributed by atoms with E-state index in [0.717, 1.165) is 24.2 Å². The van der Waals surface area contributed by atoms with E-state index in [1.165, 1.54) is 0 Å². The Balaban J connectivity index is 1.80. The highest BCUT2D eigenvalue weighted by atomic mass is 16.4. The van der Waals surface area contributed by atoms with Crippen molar-refractivity contribution in [3.63, 3.8) is 0 Å². The minimum absolute atomic E-state index is 0.215. The van der Waals surface area contributed by atoms with Gasteiger partial charge in [0.1, 0.15) is 5.82 Å². The standard InChI is InChI=1S/C14H17N5O2/c15-14-17-7-10(8-18-14)12-16-5-6-19(12)11-3-1-9(2-4-11)13(20)21/h5-9,11H,1-4H2,(H,20,21)(H2,15,17,18). The van der Waals surface area contributed by atoms with E-state index in [2.05, 4.69) is 19.5 Å². The Morgan fingerprint density at radius 1 is 1.19 bits per heavy atom. The molecule has 7 nitrogen and oxygen atoms in total. The molecule has 7 heteroatoms. The molecule has 2 aromatic rings. The number of nitrogens with two attached hydrogens (primary N) is 1. The van der Waals surface area contributed by atoms with Crippen molar-refractivity contribution in [1.82, 2.24) is 19.5 Å². The highest BCUT2D eigenvalue weighted by molar-refractivity contribution is 5.70. The van der Waals surface area contributed by atoms with Crippen LogP contribution in [0.2, 0.25) is 0 Å². The third kappa shape index (κ3) is 2.72. The van der Waals surface area contributed by atoms with Gasteiger partial charge in [0.15, 0.2) is 0 Å². The molecule has 3 N–H and O–H groups in total. The van der Waals surface area contributed by atoms with Crippen molar-refractivity contribution in [2.75, 3.05) is 5.73 Å². The number of rotatable bonds is 3. The largest absolute Gasteiger partial charge is 0.481 e. The number of anilines is 1. The molecule has 110 valence electrons. The van der Waals surface area contributed by atoms with Crippen LogP contribution >= 0.6 is 0 Å². The fourth-order valence-corrected chi connectivity index (χ4v) is 2.89. The highest BCUT2D eigenvalue weighted by Gasteiger charge is 2.27. The lowest BCUT2D eigenvalue weighted by molar-refractivity contribution is -0.143. The van der Waals surface area contributed by atoms with Crippen LogP contribution in [0.25, 0.3) is 11.4 Å². The SMILES string of the molecule is Nc1ncc(-c2nccn2C2CCC(C(=O)O)CC2)cn1. The second-order valence-electron chi connectivity index (χ2n) is 5.33. The summed E-state index contributed by atoms with van der Waals surface area (Å²) in [5.41, 5.74) is 6.31. The summed E-state index contributed by atoms with van der Waals surface area (Å²) in [4.78, 5) is 23.4. The summed E-state index contributed by atoms with van der Waals surface area (Å²) in [5.74, 6) is 0.131. The van der Waals surface area contributed by atoms with Crippen molar-refractivity contribution in [1.29, 1.82) is 0 Å². The van der Waals surface area contributed by atoms with Crippen LogP contribution in [0.3, 0.4) is 0 Å². The molecule has 0 unspecified atom stereocenters. The number of nitrogen functional groups attached to an aromatic ring is 1. The summed E-state index contributed by atoms with van der Waals surface area (Å²) >= 11 is 0. The second kappa shape index (κ2) is 5.51. The number of aromatic nitrogens is 4. The van der Waals surface area contributed by atoms with Gasteiger partial charge in [0.25, 0.3) is 0 Å². The number of imidazole rings is 1. The summed E-state index contributed by atoms with van der Waals surface area (Å²) in [6.45, 7) is 0. The third-order valence-electron chi connectivity index (χ3n) is 4.04. The predicted molar refractivity (Wildman–Crippen MR) is 76.3 cm³/mol. The van der Waals surface area contributed by atoms with Gasteiger partial charge < -0.3 is 15.4 Å². The zero-order valence-corrected chi connectivity index (χ0v) is 11.5. The van der Waals surface area contributed by atoms with Crippen LogP contribution in [0.5, 0.6) is 0 Å². The first-order chi connectivity index (χ1) is 10.1. The molecule has 2 heterocycles. The number of carboxylic acid groups (broad SMARTS) is 1. The molecular formula is C14H17N5O2. The van der Waals surface area contributed by atoms with E-state index in [-0.39, 0.29) is 17.9 Å². The third-order valence-corrected chi connectivity index (χ3v) is 4.04. The normalized spacial score (nSPS) is 22.1. The van der Waals surface area contributed by atoms with Gasteiger partial charge in [-0.15, -0.1) is 0 Å². The number of carbonyl (C=O) groups is 1. The zero-order valence-electron chi connectivity index (χ0n) is 11.5. The van der Waals surface area contributed by atoms with E-state index in [1.807, 2.05) is 6.20 Å². The first-order valence-corrected chi connectivity index (χ1v) is 6.98. The van der Waals surface area contributed by atoms with Crippen molar-refractivity contribution in [2.45, 2.75) is 31.7 Å². The van der Waals surface area contributed by atoms with Crippen molar-refractivity contribution in [2.24, 2.45) is 5.92 Å². The zero-order chi connectivity index (χ0) is 14.8. The number of aliphatic carboxylic acids is 1. The monoisotopic (exact) mass is 287 g/mol. The maximum atomic E-state index is 11.0. The maximum absolute atomic E-state index is 11.0. The molecule has 0 aromatic carbocycles. The molecule has 1 aliphatic rings. The molecule has 0 bridgehead atoms. The number of hydrogen-bond donors (Lipinski definition) is 2. The molecule has 3 rings (SSSR count). The van der Waals surface area contributed by atoms with E-state index < -0.39 is 5.97 Å². The van der Waals surface area contributed by atoms with Gasteiger partial charge in [-0.05, 0) is 25.7 Å². The number of carboxylic acids is 1. The molecule has 0 atom stereocenters. The summed E-state index contributed by atoms with van der Waals surface area (Å²) in [7, 11) is 0. The topological polar surface area (TPSA) is 107 Å². The smallest absolute Gasteiger partial charge is 0.306 e. The van der Waals surface area contributed by atoms with Crippen molar-refractivity contribution in [3.8, 4) is 11.4 Å². The minimum Gasteiger partial charge on any atom is -0.481 e. The molecule has 21 heavy (non-hydrogen) atoms. The average Bonchev–Trinajstić information content (AvgIpc) is 2.97. The first-order valence-electron chi connectivity index (χ1n) is 6.98. The molecule has 0 aliphatic heterocycles. The van der Waals surface area contributed by atoms with Crippen LogP contribution in [-0.2, 0) is 4.79 Å². The fourth-order valence-electron chi connectivity index (χ4n) is 2.89. The molecule has 0 spiro atoms. The summed E-state index contributed by atoms with van der Waals surface area (Å²) in [6.07, 6.45) is 10.1. The van der Waals surface area contributed by atoms with Gasteiger partial charge in [-0.1, -0.05) is 0 Å². The van der Waals surface area contributed by atoms with Gasteiger partial charge >= 0.3 is 5.97 Å².